The normalized spacial score (nSPS) is 15.0. The molecule has 2 atom stereocenters. The molecule has 0 heterocycles. The lowest BCUT2D eigenvalue weighted by Gasteiger charge is -2.23. The molecular formula is C24H34N4O6. The summed E-state index contributed by atoms with van der Waals surface area (Å²) in [5.41, 5.74) is 0.930. The fraction of sp³-hybridized carbons (Fsp3) is 0.542. The van der Waals surface area contributed by atoms with Crippen LogP contribution >= 0.6 is 0 Å². The van der Waals surface area contributed by atoms with Crippen molar-refractivity contribution in [1.82, 2.24) is 16.0 Å². The Morgan fingerprint density at radius 3 is 2.26 bits per heavy atom. The minimum Gasteiger partial charge on any atom is -0.444 e. The number of carbonyl (C=O) groups excluding carboxylic acids is 4. The van der Waals surface area contributed by atoms with Crippen molar-refractivity contribution in [2.75, 3.05) is 6.54 Å². The lowest BCUT2D eigenvalue weighted by molar-refractivity contribution is -0.144. The van der Waals surface area contributed by atoms with Gasteiger partial charge in [0.25, 0.3) is 0 Å². The summed E-state index contributed by atoms with van der Waals surface area (Å²) in [4.78, 5) is 54.2. The number of nitrogens with one attached hydrogen (secondary N) is 3. The van der Waals surface area contributed by atoms with Crippen LogP contribution in [0.4, 0.5) is 4.79 Å². The van der Waals surface area contributed by atoms with E-state index in [9.17, 15) is 19.2 Å². The van der Waals surface area contributed by atoms with Gasteiger partial charge >= 0.3 is 12.1 Å². The summed E-state index contributed by atoms with van der Waals surface area (Å²) in [5.74, 6) is -1.83. The molecular weight excluding hydrogens is 440 g/mol. The largest absolute Gasteiger partial charge is 0.444 e. The summed E-state index contributed by atoms with van der Waals surface area (Å²) in [5, 5.41) is 11.4. The van der Waals surface area contributed by atoms with E-state index < -0.39 is 41.6 Å². The Balaban J connectivity index is 1.95. The molecule has 3 N–H and O–H groups in total. The molecule has 0 bridgehead atoms. The van der Waals surface area contributed by atoms with Crippen molar-refractivity contribution in [3.05, 3.63) is 35.9 Å². The van der Waals surface area contributed by atoms with E-state index in [1.54, 1.807) is 20.8 Å². The predicted octanol–water partition coefficient (Wildman–Crippen LogP) is 2.22. The predicted molar refractivity (Wildman–Crippen MR) is 126 cm³/mol. The third-order valence-corrected chi connectivity index (χ3v) is 4.91. The smallest absolute Gasteiger partial charge is 0.408 e. The first-order valence-corrected chi connectivity index (χ1v) is 11.4. The van der Waals surface area contributed by atoms with Crippen molar-refractivity contribution in [2.24, 2.45) is 5.16 Å². The molecule has 186 valence electrons. The van der Waals surface area contributed by atoms with Gasteiger partial charge in [0.2, 0.25) is 11.8 Å². The molecule has 0 aliphatic heterocycles. The molecule has 10 heteroatoms. The zero-order valence-corrected chi connectivity index (χ0v) is 20.2. The fourth-order valence-electron chi connectivity index (χ4n) is 3.21. The van der Waals surface area contributed by atoms with E-state index in [1.807, 2.05) is 30.3 Å². The fourth-order valence-corrected chi connectivity index (χ4v) is 3.21. The van der Waals surface area contributed by atoms with Gasteiger partial charge in [-0.2, -0.15) is 0 Å². The summed E-state index contributed by atoms with van der Waals surface area (Å²) >= 11 is 0. The highest BCUT2D eigenvalue weighted by Crippen LogP contribution is 2.14. The van der Waals surface area contributed by atoms with Crippen molar-refractivity contribution >= 4 is 29.6 Å². The van der Waals surface area contributed by atoms with Crippen LogP contribution in [-0.2, 0) is 30.4 Å². The van der Waals surface area contributed by atoms with Gasteiger partial charge in [-0.25, -0.2) is 9.59 Å². The second-order valence-electron chi connectivity index (χ2n) is 9.16. The van der Waals surface area contributed by atoms with Gasteiger partial charge in [0.1, 0.15) is 24.2 Å². The first-order valence-electron chi connectivity index (χ1n) is 11.4. The Bertz CT molecular complexity index is 886. The zero-order chi connectivity index (χ0) is 25.1. The molecule has 1 aliphatic carbocycles. The second-order valence-corrected chi connectivity index (χ2v) is 9.16. The highest BCUT2D eigenvalue weighted by atomic mass is 16.7. The molecule has 1 fully saturated rings. The van der Waals surface area contributed by atoms with Crippen molar-refractivity contribution in [1.29, 1.82) is 0 Å². The highest BCUT2D eigenvalue weighted by Gasteiger charge is 2.26. The van der Waals surface area contributed by atoms with Crippen LogP contribution in [-0.4, -0.2) is 53.8 Å². The van der Waals surface area contributed by atoms with Gasteiger partial charge < -0.3 is 25.5 Å². The number of benzene rings is 1. The lowest BCUT2D eigenvalue weighted by atomic mass is 10.0. The van der Waals surface area contributed by atoms with Crippen LogP contribution in [0.1, 0.15) is 58.9 Å². The number of hydrogen-bond donors (Lipinski definition) is 3. The number of amides is 3. The van der Waals surface area contributed by atoms with Crippen LogP contribution in [0.2, 0.25) is 0 Å². The minimum absolute atomic E-state index is 0.189. The SMILES string of the molecule is C[C@H](NC(=O)OC(C)(C)C)C(=O)N[C@H](Cc1ccccc1)C(=O)NCC(=O)ON=C1CCCC1. The average molecular weight is 475 g/mol. The van der Waals surface area contributed by atoms with Gasteiger partial charge in [-0.15, -0.1) is 0 Å². The molecule has 0 aromatic heterocycles. The Hall–Kier alpha value is -3.43. The molecule has 0 spiro atoms. The van der Waals surface area contributed by atoms with Crippen LogP contribution in [0.15, 0.2) is 35.5 Å². The summed E-state index contributed by atoms with van der Waals surface area (Å²) < 4.78 is 5.16. The van der Waals surface area contributed by atoms with E-state index in [-0.39, 0.29) is 13.0 Å². The molecule has 34 heavy (non-hydrogen) atoms. The maximum atomic E-state index is 12.8. The standard InChI is InChI=1S/C24H34N4O6/c1-16(26-23(32)33-24(2,3)4)21(30)27-19(14-17-10-6-5-7-11-17)22(31)25-15-20(29)34-28-18-12-8-9-13-18/h5-7,10-11,16,19H,8-9,12-15H2,1-4H3,(H,25,31)(H,26,32)(H,27,30)/t16-,19+/m0/s1. The van der Waals surface area contributed by atoms with E-state index in [2.05, 4.69) is 21.1 Å². The molecule has 10 nitrogen and oxygen atoms in total. The van der Waals surface area contributed by atoms with Gasteiger partial charge in [0.05, 0.1) is 5.71 Å². The monoisotopic (exact) mass is 474 g/mol. The van der Waals surface area contributed by atoms with Crippen LogP contribution in [0.3, 0.4) is 0 Å². The van der Waals surface area contributed by atoms with Crippen molar-refractivity contribution in [3.63, 3.8) is 0 Å². The molecule has 1 aliphatic rings. The van der Waals surface area contributed by atoms with Gasteiger partial charge in [-0.05, 0) is 58.9 Å². The van der Waals surface area contributed by atoms with E-state index in [0.29, 0.717) is 0 Å². The molecule has 0 radical (unpaired) electrons. The number of rotatable bonds is 9. The Morgan fingerprint density at radius 1 is 1.00 bits per heavy atom. The molecule has 2 rings (SSSR count). The zero-order valence-electron chi connectivity index (χ0n) is 20.2. The third kappa shape index (κ3) is 10.0. The van der Waals surface area contributed by atoms with Gasteiger partial charge in [0, 0.05) is 6.42 Å². The number of alkyl carbamates (subject to hydrolysis) is 1. The molecule has 1 saturated carbocycles. The van der Waals surface area contributed by atoms with Gasteiger partial charge in [-0.1, -0.05) is 35.5 Å². The van der Waals surface area contributed by atoms with E-state index in [4.69, 9.17) is 9.57 Å². The number of hydrogen-bond acceptors (Lipinski definition) is 7. The topological polar surface area (TPSA) is 135 Å². The summed E-state index contributed by atoms with van der Waals surface area (Å²) in [6.45, 7) is 6.23. The third-order valence-electron chi connectivity index (χ3n) is 4.91. The average Bonchev–Trinajstić information content (AvgIpc) is 3.28. The Labute approximate surface area is 199 Å². The number of ether oxygens (including phenoxy) is 1. The van der Waals surface area contributed by atoms with Crippen LogP contribution in [0, 0.1) is 0 Å². The lowest BCUT2D eigenvalue weighted by Crippen LogP contribution is -2.54. The Morgan fingerprint density at radius 2 is 1.65 bits per heavy atom. The van der Waals surface area contributed by atoms with Crippen molar-refractivity contribution in [3.8, 4) is 0 Å². The minimum atomic E-state index is -0.980. The van der Waals surface area contributed by atoms with Gasteiger partial charge in [-0.3, -0.25) is 9.59 Å². The first kappa shape index (κ1) is 26.8. The van der Waals surface area contributed by atoms with Crippen LogP contribution in [0.25, 0.3) is 0 Å². The van der Waals surface area contributed by atoms with Crippen molar-refractivity contribution < 1.29 is 28.8 Å². The molecule has 0 saturated heterocycles. The maximum absolute atomic E-state index is 12.8. The Kier molecular flexibility index (Phi) is 10.0. The maximum Gasteiger partial charge on any atom is 0.408 e. The van der Waals surface area contributed by atoms with Crippen LogP contribution < -0.4 is 16.0 Å². The summed E-state index contributed by atoms with van der Waals surface area (Å²) in [6, 6.07) is 7.18. The second kappa shape index (κ2) is 12.7. The summed E-state index contributed by atoms with van der Waals surface area (Å²) in [6.07, 6.45) is 3.10. The first-order chi connectivity index (χ1) is 16.0. The molecule has 1 aromatic carbocycles. The highest BCUT2D eigenvalue weighted by molar-refractivity contribution is 5.92. The van der Waals surface area contributed by atoms with Crippen LogP contribution in [0.5, 0.6) is 0 Å². The number of nitrogens with zero attached hydrogens (tertiary/aromatic N) is 1. The van der Waals surface area contributed by atoms with E-state index in [0.717, 1.165) is 37.0 Å². The van der Waals surface area contributed by atoms with E-state index >= 15 is 0 Å². The van der Waals surface area contributed by atoms with E-state index in [1.165, 1.54) is 6.92 Å². The van der Waals surface area contributed by atoms with Crippen molar-refractivity contribution in [2.45, 2.75) is 77.5 Å². The quantitative estimate of drug-likeness (QED) is 0.371. The molecule has 0 unspecified atom stereocenters. The number of oxime groups is 1. The number of carbonyl (C=O) groups is 4. The summed E-state index contributed by atoms with van der Waals surface area (Å²) in [7, 11) is 0. The molecule has 1 aromatic rings. The molecule has 3 amide bonds. The van der Waals surface area contributed by atoms with Gasteiger partial charge in [0.15, 0.2) is 0 Å².